The van der Waals surface area contributed by atoms with E-state index in [1.807, 2.05) is 6.07 Å². The van der Waals surface area contributed by atoms with Gasteiger partial charge in [0, 0.05) is 32.4 Å². The molecule has 9 nitrogen and oxygen atoms in total. The van der Waals surface area contributed by atoms with Crippen molar-refractivity contribution >= 4 is 17.3 Å². The van der Waals surface area contributed by atoms with E-state index in [0.717, 1.165) is 5.69 Å². The molecule has 12 heteroatoms. The number of nitrogens with one attached hydrogen (secondary N) is 1. The van der Waals surface area contributed by atoms with Gasteiger partial charge in [-0.05, 0) is 36.2 Å². The molecule has 0 saturated carbocycles. The van der Waals surface area contributed by atoms with E-state index in [2.05, 4.69) is 20.0 Å². The second-order valence-corrected chi connectivity index (χ2v) is 7.77. The number of nitrogens with zero attached hydrogens (tertiary/aromatic N) is 3. The van der Waals surface area contributed by atoms with Gasteiger partial charge in [-0.25, -0.2) is 14.8 Å². The molecule has 1 amide bonds. The Bertz CT molecular complexity index is 1340. The van der Waals surface area contributed by atoms with Crippen LogP contribution in [0.3, 0.4) is 0 Å². The summed E-state index contributed by atoms with van der Waals surface area (Å²) in [7, 11) is 1.59. The van der Waals surface area contributed by atoms with Crippen LogP contribution in [0, 0.1) is 0 Å². The number of benzene rings is 2. The normalized spacial score (nSPS) is 11.4. The number of fused-ring (bicyclic) bond motifs is 1. The largest absolute Gasteiger partial charge is 0.573 e. The van der Waals surface area contributed by atoms with Crippen molar-refractivity contribution in [1.82, 2.24) is 19.9 Å². The first-order valence-corrected chi connectivity index (χ1v) is 11.2. The Morgan fingerprint density at radius 2 is 1.84 bits per heavy atom. The van der Waals surface area contributed by atoms with E-state index >= 15 is 0 Å². The molecule has 194 valence electrons. The first-order valence-electron chi connectivity index (χ1n) is 11.2. The van der Waals surface area contributed by atoms with Gasteiger partial charge >= 0.3 is 12.5 Å². The summed E-state index contributed by atoms with van der Waals surface area (Å²) in [6.07, 6.45) is -1.65. The Morgan fingerprint density at radius 1 is 1.03 bits per heavy atom. The predicted octanol–water partition coefficient (Wildman–Crippen LogP) is 5.02. The third kappa shape index (κ3) is 7.34. The van der Waals surface area contributed by atoms with Crippen LogP contribution in [0.15, 0.2) is 67.1 Å². The van der Waals surface area contributed by atoms with E-state index in [-0.39, 0.29) is 18.1 Å². The maximum atomic E-state index is 12.3. The number of hydrogen-bond acceptors (Lipinski definition) is 7. The molecule has 2 aromatic heterocycles. The van der Waals surface area contributed by atoms with Crippen molar-refractivity contribution in [2.24, 2.45) is 0 Å². The third-order valence-corrected chi connectivity index (χ3v) is 5.03. The summed E-state index contributed by atoms with van der Waals surface area (Å²) in [5.41, 5.74) is 2.47. The fourth-order valence-electron chi connectivity index (χ4n) is 3.35. The lowest BCUT2D eigenvalue weighted by molar-refractivity contribution is -0.274. The number of halogens is 3. The monoisotopic (exact) mass is 516 g/mol. The van der Waals surface area contributed by atoms with Crippen LogP contribution in [0.2, 0.25) is 0 Å². The number of amides is 1. The minimum absolute atomic E-state index is 0.146. The van der Waals surface area contributed by atoms with E-state index in [4.69, 9.17) is 14.2 Å². The zero-order valence-electron chi connectivity index (χ0n) is 19.7. The number of methoxy groups -OCH3 is 1. The molecule has 37 heavy (non-hydrogen) atoms. The smallest absolute Gasteiger partial charge is 0.489 e. The first-order chi connectivity index (χ1) is 17.8. The van der Waals surface area contributed by atoms with Crippen LogP contribution in [-0.2, 0) is 11.3 Å². The third-order valence-electron chi connectivity index (χ3n) is 5.03. The van der Waals surface area contributed by atoms with Gasteiger partial charge in [0.2, 0.25) is 0 Å². The number of carbonyl (C=O) groups excluding carboxylic acids is 1. The van der Waals surface area contributed by atoms with Crippen LogP contribution in [-0.4, -0.2) is 47.3 Å². The highest BCUT2D eigenvalue weighted by atomic mass is 19.4. The molecule has 0 aliphatic carbocycles. The van der Waals surface area contributed by atoms with Crippen molar-refractivity contribution in [3.63, 3.8) is 0 Å². The van der Waals surface area contributed by atoms with Crippen LogP contribution in [0.1, 0.15) is 12.0 Å². The van der Waals surface area contributed by atoms with E-state index in [0.29, 0.717) is 42.0 Å². The van der Waals surface area contributed by atoms with Crippen LogP contribution in [0.4, 0.5) is 18.0 Å². The molecule has 4 rings (SSSR count). The molecule has 0 saturated heterocycles. The lowest BCUT2D eigenvalue weighted by atomic mass is 10.2. The van der Waals surface area contributed by atoms with Crippen LogP contribution in [0.25, 0.3) is 16.9 Å². The molecule has 0 fully saturated rings. The van der Waals surface area contributed by atoms with Gasteiger partial charge in [-0.15, -0.1) is 13.2 Å². The van der Waals surface area contributed by atoms with Crippen LogP contribution in [0.5, 0.6) is 17.2 Å². The number of aromatic nitrogens is 3. The van der Waals surface area contributed by atoms with Gasteiger partial charge in [0.25, 0.3) is 0 Å². The summed E-state index contributed by atoms with van der Waals surface area (Å²) >= 11 is 0. The summed E-state index contributed by atoms with van der Waals surface area (Å²) in [6.45, 7) is 1.10. The molecule has 2 heterocycles. The fraction of sp³-hybridized carbons (Fsp3) is 0.240. The Kier molecular flexibility index (Phi) is 8.08. The fourth-order valence-corrected chi connectivity index (χ4v) is 3.35. The SMILES string of the molecule is COCCCNC(=O)Oc1cnc2c(c1)ncn2-c1cccc(OCc2ccc(OC(F)(F)F)cc2)c1. The number of rotatable bonds is 10. The molecule has 0 spiro atoms. The molecule has 1 N–H and O–H groups in total. The number of ether oxygens (including phenoxy) is 4. The molecule has 0 bridgehead atoms. The standard InChI is InChI=1S/C25H23F3N4O5/c1-34-11-3-10-29-24(33)36-21-13-22-23(30-14-21)32(16-31-22)18-4-2-5-20(12-18)35-15-17-6-8-19(9-7-17)37-25(26,27)28/h2,4-9,12-14,16H,3,10-11,15H2,1H3,(H,29,33). The first kappa shape index (κ1) is 25.8. The molecular weight excluding hydrogens is 493 g/mol. The van der Waals surface area contributed by atoms with Gasteiger partial charge in [-0.2, -0.15) is 0 Å². The van der Waals surface area contributed by atoms with Gasteiger partial charge in [0.05, 0.1) is 11.9 Å². The molecule has 4 aromatic rings. The summed E-state index contributed by atoms with van der Waals surface area (Å²) in [5, 5.41) is 2.63. The summed E-state index contributed by atoms with van der Waals surface area (Å²) in [5.74, 6) is 0.500. The van der Waals surface area contributed by atoms with Crippen molar-refractivity contribution < 1.29 is 36.9 Å². The second-order valence-electron chi connectivity index (χ2n) is 7.77. The minimum Gasteiger partial charge on any atom is -0.489 e. The highest BCUT2D eigenvalue weighted by molar-refractivity contribution is 5.76. The quantitative estimate of drug-likeness (QED) is 0.296. The van der Waals surface area contributed by atoms with Gasteiger partial charge in [-0.1, -0.05) is 18.2 Å². The second kappa shape index (κ2) is 11.6. The summed E-state index contributed by atoms with van der Waals surface area (Å²) < 4.78 is 58.6. The average molecular weight is 516 g/mol. The number of carbonyl (C=O) groups is 1. The molecule has 2 aromatic carbocycles. The van der Waals surface area contributed by atoms with Crippen molar-refractivity contribution in [2.75, 3.05) is 20.3 Å². The number of pyridine rings is 1. The Labute approximate surface area is 209 Å². The summed E-state index contributed by atoms with van der Waals surface area (Å²) in [4.78, 5) is 20.6. The lowest BCUT2D eigenvalue weighted by Gasteiger charge is -2.11. The highest BCUT2D eigenvalue weighted by Gasteiger charge is 2.30. The molecule has 0 atom stereocenters. The van der Waals surface area contributed by atoms with Crippen molar-refractivity contribution in [3.05, 3.63) is 72.7 Å². The molecule has 0 radical (unpaired) electrons. The minimum atomic E-state index is -4.74. The predicted molar refractivity (Wildman–Crippen MR) is 127 cm³/mol. The average Bonchev–Trinajstić information content (AvgIpc) is 3.29. The Morgan fingerprint density at radius 3 is 2.59 bits per heavy atom. The number of hydrogen-bond donors (Lipinski definition) is 1. The number of alkyl halides is 3. The zero-order valence-corrected chi connectivity index (χ0v) is 19.7. The lowest BCUT2D eigenvalue weighted by Crippen LogP contribution is -2.28. The van der Waals surface area contributed by atoms with Gasteiger partial charge in [0.15, 0.2) is 11.4 Å². The van der Waals surface area contributed by atoms with Gasteiger partial charge in [-0.3, -0.25) is 4.57 Å². The molecule has 0 aliphatic rings. The van der Waals surface area contributed by atoms with E-state index in [9.17, 15) is 18.0 Å². The van der Waals surface area contributed by atoms with Crippen LogP contribution >= 0.6 is 0 Å². The Hall–Kier alpha value is -4.32. The van der Waals surface area contributed by atoms with E-state index in [1.54, 1.807) is 42.3 Å². The topological polar surface area (TPSA) is 96.7 Å². The maximum Gasteiger partial charge on any atom is 0.573 e. The summed E-state index contributed by atoms with van der Waals surface area (Å²) in [6, 6.07) is 14.2. The molecule has 0 aliphatic heterocycles. The van der Waals surface area contributed by atoms with Crippen LogP contribution < -0.4 is 19.5 Å². The van der Waals surface area contributed by atoms with Crippen molar-refractivity contribution in [3.8, 4) is 22.9 Å². The number of imidazole rings is 1. The molecule has 0 unspecified atom stereocenters. The Balaban J connectivity index is 1.39. The van der Waals surface area contributed by atoms with E-state index in [1.165, 1.54) is 30.5 Å². The van der Waals surface area contributed by atoms with Gasteiger partial charge < -0.3 is 24.3 Å². The van der Waals surface area contributed by atoms with Crippen molar-refractivity contribution in [2.45, 2.75) is 19.4 Å². The van der Waals surface area contributed by atoms with Crippen molar-refractivity contribution in [1.29, 1.82) is 0 Å². The zero-order chi connectivity index (χ0) is 26.3. The van der Waals surface area contributed by atoms with Gasteiger partial charge in [0.1, 0.15) is 29.9 Å². The maximum absolute atomic E-state index is 12.3. The highest BCUT2D eigenvalue weighted by Crippen LogP contribution is 2.25. The van der Waals surface area contributed by atoms with E-state index < -0.39 is 12.5 Å². The molecular formula is C25H23F3N4O5.